The zero-order chi connectivity index (χ0) is 16.4. The summed E-state index contributed by atoms with van der Waals surface area (Å²) in [6.45, 7) is 7.11. The summed E-state index contributed by atoms with van der Waals surface area (Å²) < 4.78 is 7.12. The largest absolute Gasteiger partial charge is 0.494 e. The fourth-order valence-corrected chi connectivity index (χ4v) is 2.78. The van der Waals surface area contributed by atoms with E-state index in [1.807, 2.05) is 57.2 Å². The first kappa shape index (κ1) is 15.3. The van der Waals surface area contributed by atoms with Crippen molar-refractivity contribution >= 4 is 10.8 Å². The van der Waals surface area contributed by atoms with Gasteiger partial charge in [0, 0.05) is 17.5 Å². The molecule has 0 bridgehead atoms. The molecule has 4 nitrogen and oxygen atoms in total. The highest BCUT2D eigenvalue weighted by Gasteiger charge is 2.12. The first-order valence-electron chi connectivity index (χ1n) is 7.89. The van der Waals surface area contributed by atoms with Crippen LogP contribution < -0.4 is 10.3 Å². The molecule has 3 rings (SSSR count). The molecule has 0 saturated heterocycles. The molecule has 0 aliphatic heterocycles. The van der Waals surface area contributed by atoms with Crippen molar-refractivity contribution in [1.82, 2.24) is 9.78 Å². The smallest absolute Gasteiger partial charge is 0.274 e. The highest BCUT2D eigenvalue weighted by molar-refractivity contribution is 5.93. The molecule has 1 heterocycles. The molecule has 0 fully saturated rings. The van der Waals surface area contributed by atoms with Crippen LogP contribution in [0, 0.1) is 6.92 Å². The summed E-state index contributed by atoms with van der Waals surface area (Å²) in [5.74, 6) is 0.879. The molecule has 0 aliphatic carbocycles. The van der Waals surface area contributed by atoms with Gasteiger partial charge in [-0.3, -0.25) is 4.79 Å². The highest BCUT2D eigenvalue weighted by atomic mass is 16.5. The normalized spacial score (nSPS) is 10.9. The Hall–Kier alpha value is -2.62. The van der Waals surface area contributed by atoms with Crippen molar-refractivity contribution in [2.24, 2.45) is 0 Å². The second kappa shape index (κ2) is 6.24. The summed E-state index contributed by atoms with van der Waals surface area (Å²) in [5, 5.41) is 6.15. The van der Waals surface area contributed by atoms with Gasteiger partial charge in [0.25, 0.3) is 5.56 Å². The SMILES string of the molecule is CCOc1ccc(-c2nn(CC)c(=O)c3ccccc23)cc1C. The van der Waals surface area contributed by atoms with Gasteiger partial charge in [0.1, 0.15) is 5.75 Å². The minimum atomic E-state index is -0.0468. The average molecular weight is 308 g/mol. The fraction of sp³-hybridized carbons (Fsp3) is 0.263. The molecule has 0 N–H and O–H groups in total. The molecule has 0 spiro atoms. The minimum absolute atomic E-state index is 0.0468. The van der Waals surface area contributed by atoms with E-state index in [1.165, 1.54) is 4.68 Å². The fourth-order valence-electron chi connectivity index (χ4n) is 2.78. The van der Waals surface area contributed by atoms with E-state index >= 15 is 0 Å². The van der Waals surface area contributed by atoms with Crippen molar-refractivity contribution in [2.75, 3.05) is 6.61 Å². The zero-order valence-corrected chi connectivity index (χ0v) is 13.7. The summed E-state index contributed by atoms with van der Waals surface area (Å²) in [6, 6.07) is 13.6. The topological polar surface area (TPSA) is 44.1 Å². The van der Waals surface area contributed by atoms with E-state index in [2.05, 4.69) is 11.2 Å². The van der Waals surface area contributed by atoms with Crippen LogP contribution in [0.3, 0.4) is 0 Å². The molecule has 0 atom stereocenters. The van der Waals surface area contributed by atoms with Gasteiger partial charge >= 0.3 is 0 Å². The van der Waals surface area contributed by atoms with Crippen LogP contribution in [-0.4, -0.2) is 16.4 Å². The molecule has 0 unspecified atom stereocenters. The summed E-state index contributed by atoms with van der Waals surface area (Å²) in [4.78, 5) is 12.4. The number of nitrogens with zero attached hydrogens (tertiary/aromatic N) is 2. The van der Waals surface area contributed by atoms with Crippen LogP contribution in [0.2, 0.25) is 0 Å². The van der Waals surface area contributed by atoms with Gasteiger partial charge in [0.15, 0.2) is 0 Å². The maximum atomic E-state index is 12.4. The Kier molecular flexibility index (Phi) is 4.15. The molecule has 3 aromatic rings. The molecule has 23 heavy (non-hydrogen) atoms. The lowest BCUT2D eigenvalue weighted by Gasteiger charge is -2.12. The Bertz CT molecular complexity index is 913. The third-order valence-corrected chi connectivity index (χ3v) is 3.92. The van der Waals surface area contributed by atoms with Crippen LogP contribution in [0.15, 0.2) is 47.3 Å². The average Bonchev–Trinajstić information content (AvgIpc) is 2.57. The van der Waals surface area contributed by atoms with Gasteiger partial charge in [-0.25, -0.2) is 4.68 Å². The van der Waals surface area contributed by atoms with Gasteiger partial charge in [-0.1, -0.05) is 18.2 Å². The number of hydrogen-bond acceptors (Lipinski definition) is 3. The zero-order valence-electron chi connectivity index (χ0n) is 13.7. The van der Waals surface area contributed by atoms with Crippen molar-refractivity contribution < 1.29 is 4.74 Å². The number of rotatable bonds is 4. The van der Waals surface area contributed by atoms with Crippen LogP contribution in [0.5, 0.6) is 5.75 Å². The lowest BCUT2D eigenvalue weighted by atomic mass is 10.0. The molecule has 0 saturated carbocycles. The number of fused-ring (bicyclic) bond motifs is 1. The first-order chi connectivity index (χ1) is 11.2. The van der Waals surface area contributed by atoms with E-state index in [-0.39, 0.29) is 5.56 Å². The second-order valence-electron chi connectivity index (χ2n) is 5.43. The summed E-state index contributed by atoms with van der Waals surface area (Å²) in [6.07, 6.45) is 0. The molecule has 1 aromatic heterocycles. The Labute approximate surface area is 135 Å². The molecule has 0 radical (unpaired) electrons. The van der Waals surface area contributed by atoms with Crippen molar-refractivity contribution in [3.63, 3.8) is 0 Å². The van der Waals surface area contributed by atoms with Crippen LogP contribution in [-0.2, 0) is 6.54 Å². The predicted molar refractivity (Wildman–Crippen MR) is 93.0 cm³/mol. The Morgan fingerprint density at radius 2 is 1.83 bits per heavy atom. The van der Waals surface area contributed by atoms with Crippen LogP contribution in [0.25, 0.3) is 22.0 Å². The standard InChI is InChI=1S/C19H20N2O2/c1-4-21-19(22)16-9-7-6-8-15(16)18(20-21)14-10-11-17(23-5-2)13(3)12-14/h6-12H,4-5H2,1-3H3. The first-order valence-corrected chi connectivity index (χ1v) is 7.89. The van der Waals surface area contributed by atoms with Crippen LogP contribution in [0.1, 0.15) is 19.4 Å². The second-order valence-corrected chi connectivity index (χ2v) is 5.43. The molecular weight excluding hydrogens is 288 g/mol. The quantitative estimate of drug-likeness (QED) is 0.736. The van der Waals surface area contributed by atoms with Gasteiger partial charge in [-0.05, 0) is 50.6 Å². The molecule has 118 valence electrons. The van der Waals surface area contributed by atoms with Crippen molar-refractivity contribution in [3.8, 4) is 17.0 Å². The number of benzene rings is 2. The maximum Gasteiger partial charge on any atom is 0.274 e. The Morgan fingerprint density at radius 1 is 1.09 bits per heavy atom. The third-order valence-electron chi connectivity index (χ3n) is 3.92. The van der Waals surface area contributed by atoms with E-state index in [9.17, 15) is 4.79 Å². The predicted octanol–water partition coefficient (Wildman–Crippen LogP) is 3.79. The molecule has 0 amide bonds. The molecular formula is C19H20N2O2. The number of aryl methyl sites for hydroxylation is 2. The lowest BCUT2D eigenvalue weighted by molar-refractivity contribution is 0.338. The third kappa shape index (κ3) is 2.72. The van der Waals surface area contributed by atoms with Gasteiger partial charge in [0.05, 0.1) is 17.7 Å². The van der Waals surface area contributed by atoms with E-state index in [1.54, 1.807) is 0 Å². The molecule has 2 aromatic carbocycles. The number of aromatic nitrogens is 2. The lowest BCUT2D eigenvalue weighted by Crippen LogP contribution is -2.22. The van der Waals surface area contributed by atoms with E-state index in [0.29, 0.717) is 18.5 Å². The van der Waals surface area contributed by atoms with Gasteiger partial charge in [-0.15, -0.1) is 0 Å². The van der Waals surface area contributed by atoms with Crippen molar-refractivity contribution in [3.05, 3.63) is 58.4 Å². The summed E-state index contributed by atoms with van der Waals surface area (Å²) >= 11 is 0. The van der Waals surface area contributed by atoms with Crippen LogP contribution in [0.4, 0.5) is 0 Å². The van der Waals surface area contributed by atoms with E-state index in [0.717, 1.165) is 28.0 Å². The van der Waals surface area contributed by atoms with Gasteiger partial charge < -0.3 is 4.74 Å². The molecule has 4 heteroatoms. The van der Waals surface area contributed by atoms with Crippen molar-refractivity contribution in [2.45, 2.75) is 27.3 Å². The number of ether oxygens (including phenoxy) is 1. The van der Waals surface area contributed by atoms with Gasteiger partial charge in [0.2, 0.25) is 0 Å². The monoisotopic (exact) mass is 308 g/mol. The van der Waals surface area contributed by atoms with Gasteiger partial charge in [-0.2, -0.15) is 5.10 Å². The van der Waals surface area contributed by atoms with E-state index < -0.39 is 0 Å². The number of hydrogen-bond donors (Lipinski definition) is 0. The van der Waals surface area contributed by atoms with E-state index in [4.69, 9.17) is 4.74 Å². The minimum Gasteiger partial charge on any atom is -0.494 e. The van der Waals surface area contributed by atoms with Crippen LogP contribution >= 0.6 is 0 Å². The highest BCUT2D eigenvalue weighted by Crippen LogP contribution is 2.28. The molecule has 0 aliphatic rings. The summed E-state index contributed by atoms with van der Waals surface area (Å²) in [7, 11) is 0. The Morgan fingerprint density at radius 3 is 2.48 bits per heavy atom. The van der Waals surface area contributed by atoms with Crippen molar-refractivity contribution in [1.29, 1.82) is 0 Å². The maximum absolute atomic E-state index is 12.4. The summed E-state index contributed by atoms with van der Waals surface area (Å²) in [5.41, 5.74) is 2.83. The Balaban J connectivity index is 2.26.